The summed E-state index contributed by atoms with van der Waals surface area (Å²) in [7, 11) is 2.98. The average molecular weight is 716 g/mol. The van der Waals surface area contributed by atoms with Crippen LogP contribution in [-0.2, 0) is 26.8 Å². The molecule has 4 aromatic rings. The lowest BCUT2D eigenvalue weighted by molar-refractivity contribution is -0.137. The van der Waals surface area contributed by atoms with Crippen LogP contribution < -0.4 is 20.7 Å². The fourth-order valence-electron chi connectivity index (χ4n) is 5.29. The van der Waals surface area contributed by atoms with Gasteiger partial charge in [0.25, 0.3) is 18.2 Å². The highest BCUT2D eigenvalue weighted by atomic mass is 19.4. The number of imidazole rings is 2. The van der Waals surface area contributed by atoms with Crippen molar-refractivity contribution in [3.63, 3.8) is 0 Å². The first-order valence-corrected chi connectivity index (χ1v) is 14.9. The van der Waals surface area contributed by atoms with Gasteiger partial charge in [-0.15, -0.1) is 13.2 Å². The molecule has 5 rings (SSSR count). The first kappa shape index (κ1) is 36.0. The molecule has 12 nitrogen and oxygen atoms in total. The average Bonchev–Trinajstić information content (AvgIpc) is 3.60. The molecule has 1 fully saturated rings. The fourth-order valence-corrected chi connectivity index (χ4v) is 5.29. The van der Waals surface area contributed by atoms with Crippen molar-refractivity contribution in [1.29, 1.82) is 0 Å². The summed E-state index contributed by atoms with van der Waals surface area (Å²) in [4.78, 5) is 40.8. The van der Waals surface area contributed by atoms with Crippen molar-refractivity contribution in [2.24, 2.45) is 19.1 Å². The number of nitrogens with one attached hydrogen (secondary N) is 3. The van der Waals surface area contributed by atoms with Crippen molar-refractivity contribution < 1.29 is 49.4 Å². The summed E-state index contributed by atoms with van der Waals surface area (Å²) in [6, 6.07) is 3.77. The summed E-state index contributed by atoms with van der Waals surface area (Å²) in [5.74, 6) is -1.98. The molecule has 0 saturated heterocycles. The third-order valence-electron chi connectivity index (χ3n) is 7.70. The summed E-state index contributed by atoms with van der Waals surface area (Å²) in [5.41, 5.74) is -1.63. The molecule has 268 valence electrons. The number of aromatic nitrogens is 5. The number of halogens is 8. The van der Waals surface area contributed by atoms with Crippen LogP contribution in [0.25, 0.3) is 11.2 Å². The quantitative estimate of drug-likeness (QED) is 0.142. The molecule has 0 bridgehead atoms. The van der Waals surface area contributed by atoms with Crippen LogP contribution >= 0.6 is 0 Å². The topological polar surface area (TPSA) is 140 Å². The van der Waals surface area contributed by atoms with Gasteiger partial charge in [0, 0.05) is 44.8 Å². The Balaban J connectivity index is 1.41. The number of carbonyl (C=O) groups is 2. The number of hydrogen-bond acceptors (Lipinski definition) is 8. The van der Waals surface area contributed by atoms with E-state index in [0.717, 1.165) is 12.1 Å². The minimum absolute atomic E-state index is 0.0140. The number of carbonyl (C=O) groups excluding carboxylic acids is 2. The maximum Gasteiger partial charge on any atom is 0.503 e. The van der Waals surface area contributed by atoms with Gasteiger partial charge < -0.3 is 25.3 Å². The van der Waals surface area contributed by atoms with Crippen molar-refractivity contribution in [2.45, 2.75) is 57.2 Å². The number of fused-ring (bicyclic) bond motifs is 1. The molecule has 1 aromatic carbocycles. The first-order valence-electron chi connectivity index (χ1n) is 14.9. The van der Waals surface area contributed by atoms with Gasteiger partial charge in [-0.1, -0.05) is 6.07 Å². The number of alkyl halides is 8. The van der Waals surface area contributed by atoms with Crippen LogP contribution in [0.3, 0.4) is 0 Å². The largest absolute Gasteiger partial charge is 0.503 e. The van der Waals surface area contributed by atoms with Crippen LogP contribution in [0.5, 0.6) is 5.88 Å². The van der Waals surface area contributed by atoms with Crippen molar-refractivity contribution in [1.82, 2.24) is 34.7 Å². The van der Waals surface area contributed by atoms with E-state index in [1.54, 1.807) is 13.2 Å². The number of benzene rings is 1. The molecule has 1 saturated carbocycles. The van der Waals surface area contributed by atoms with Gasteiger partial charge in [0.2, 0.25) is 11.8 Å². The molecular formula is C30H29F8N9O3. The van der Waals surface area contributed by atoms with Crippen LogP contribution in [0.15, 0.2) is 41.7 Å². The van der Waals surface area contributed by atoms with Crippen LogP contribution in [0.1, 0.15) is 57.8 Å². The minimum atomic E-state index is -4.81. The van der Waals surface area contributed by atoms with Gasteiger partial charge in [0.05, 0.1) is 11.3 Å². The van der Waals surface area contributed by atoms with Gasteiger partial charge in [-0.25, -0.2) is 18.7 Å². The van der Waals surface area contributed by atoms with E-state index in [2.05, 4.69) is 35.9 Å². The normalized spacial score (nSPS) is 15.3. The second-order valence-electron chi connectivity index (χ2n) is 11.3. The lowest BCUT2D eigenvalue weighted by Crippen LogP contribution is -2.38. The van der Waals surface area contributed by atoms with Crippen LogP contribution in [0.2, 0.25) is 0 Å². The van der Waals surface area contributed by atoms with Gasteiger partial charge in [-0.3, -0.25) is 14.2 Å². The zero-order valence-corrected chi connectivity index (χ0v) is 26.3. The summed E-state index contributed by atoms with van der Waals surface area (Å²) >= 11 is 0. The van der Waals surface area contributed by atoms with Crippen LogP contribution in [0.4, 0.5) is 46.8 Å². The predicted molar refractivity (Wildman–Crippen MR) is 162 cm³/mol. The lowest BCUT2D eigenvalue weighted by Gasteiger charge is -2.24. The molecule has 2 amide bonds. The minimum Gasteiger partial charge on any atom is -0.471 e. The van der Waals surface area contributed by atoms with Gasteiger partial charge in [0.1, 0.15) is 11.1 Å². The highest BCUT2D eigenvalue weighted by molar-refractivity contribution is 5.99. The second-order valence-corrected chi connectivity index (χ2v) is 11.3. The zero-order valence-electron chi connectivity index (χ0n) is 26.3. The Morgan fingerprint density at radius 2 is 1.76 bits per heavy atom. The molecule has 1 aliphatic rings. The number of anilines is 2. The molecule has 3 aromatic heterocycles. The van der Waals surface area contributed by atoms with E-state index in [0.29, 0.717) is 5.56 Å². The van der Waals surface area contributed by atoms with E-state index in [4.69, 9.17) is 4.74 Å². The van der Waals surface area contributed by atoms with E-state index in [9.17, 15) is 44.7 Å². The molecule has 3 N–H and O–H groups in total. The maximum atomic E-state index is 14.0. The third-order valence-corrected chi connectivity index (χ3v) is 7.70. The van der Waals surface area contributed by atoms with Crippen molar-refractivity contribution in [3.8, 4) is 5.88 Å². The van der Waals surface area contributed by atoms with E-state index >= 15 is 0 Å². The molecular weight excluding hydrogens is 686 g/mol. The van der Waals surface area contributed by atoms with Gasteiger partial charge in [-0.05, 0) is 49.4 Å². The Labute approximate surface area is 277 Å². The second kappa shape index (κ2) is 14.3. The molecule has 0 aliphatic heterocycles. The molecule has 0 unspecified atom stereocenters. The van der Waals surface area contributed by atoms with E-state index in [1.165, 1.54) is 34.5 Å². The monoisotopic (exact) mass is 715 g/mol. The lowest BCUT2D eigenvalue weighted by atomic mass is 9.93. The number of pyridine rings is 1. The highest BCUT2D eigenvalue weighted by Crippen LogP contribution is 2.37. The smallest absolute Gasteiger partial charge is 0.471 e. The van der Waals surface area contributed by atoms with Gasteiger partial charge in [-0.2, -0.15) is 23.1 Å². The standard InChI is InChI=1S/C30H29F8N9O3/c1-46-10-9-39-24(46)26(49)40-13-15-3-8-19(29(33,34)35)20(11-15)42-28-43-21-12-18(27(50-14-22(31)32)44-23(21)47(28)2)25(48)41-16-4-6-17(7-5-16)45-30(36,37)38/h3,8-12,16,22H,4-7,13-14H2,1-2H3,(H,40,49)(H,41,48)(H,42,43). The number of rotatable bonds is 10. The number of hydrogen-bond donors (Lipinski definition) is 3. The van der Waals surface area contributed by atoms with Crippen molar-refractivity contribution in [3.05, 3.63) is 59.2 Å². The number of ether oxygens (including phenoxy) is 1. The number of nitrogens with zero attached hydrogens (tertiary/aromatic N) is 6. The van der Waals surface area contributed by atoms with Crippen LogP contribution in [0, 0.1) is 0 Å². The van der Waals surface area contributed by atoms with Gasteiger partial charge in [0.15, 0.2) is 18.1 Å². The van der Waals surface area contributed by atoms with E-state index < -0.39 is 60.5 Å². The van der Waals surface area contributed by atoms with Crippen molar-refractivity contribution in [2.75, 3.05) is 11.9 Å². The number of aryl methyl sites for hydroxylation is 2. The summed E-state index contributed by atoms with van der Waals surface area (Å²) < 4.78 is 114. The summed E-state index contributed by atoms with van der Waals surface area (Å²) in [6.45, 7) is -1.29. The Morgan fingerprint density at radius 3 is 2.38 bits per heavy atom. The van der Waals surface area contributed by atoms with Gasteiger partial charge >= 0.3 is 12.5 Å². The molecule has 20 heteroatoms. The summed E-state index contributed by atoms with van der Waals surface area (Å²) in [6.07, 6.45) is -9.28. The number of amides is 2. The van der Waals surface area contributed by atoms with E-state index in [1.807, 2.05) is 0 Å². The molecule has 3 heterocycles. The Morgan fingerprint density at radius 1 is 1.04 bits per heavy atom. The molecule has 1 aliphatic carbocycles. The van der Waals surface area contributed by atoms with Crippen molar-refractivity contribution >= 4 is 40.3 Å². The molecule has 0 radical (unpaired) electrons. The first-order chi connectivity index (χ1) is 23.5. The zero-order chi connectivity index (χ0) is 36.4. The molecule has 50 heavy (non-hydrogen) atoms. The maximum absolute atomic E-state index is 14.0. The van der Waals surface area contributed by atoms with E-state index in [-0.39, 0.29) is 66.4 Å². The molecule has 0 atom stereocenters. The Hall–Kier alpha value is -5.30. The SMILES string of the molecule is Cn1ccnc1C(=O)NCc1ccc(C(F)(F)F)c(Nc2nc3cc(C(=O)NC4CCC(=NC(F)(F)F)CC4)c(OCC(F)F)nc3n2C)c1. The third kappa shape index (κ3) is 8.64. The highest BCUT2D eigenvalue weighted by Gasteiger charge is 2.34. The summed E-state index contributed by atoms with van der Waals surface area (Å²) in [5, 5.41) is 7.85. The Bertz CT molecular complexity index is 1910. The predicted octanol–water partition coefficient (Wildman–Crippen LogP) is 5.67. The molecule has 0 spiro atoms. The number of aliphatic imine (C=N–C) groups is 1. The Kier molecular flexibility index (Phi) is 10.3. The van der Waals surface area contributed by atoms with Crippen LogP contribution in [-0.4, -0.2) is 67.0 Å². The fraction of sp³-hybridized carbons (Fsp3) is 0.400.